The van der Waals surface area contributed by atoms with Gasteiger partial charge in [-0.2, -0.15) is 8.75 Å². The van der Waals surface area contributed by atoms with E-state index in [4.69, 9.17) is 0 Å². The molecule has 0 aliphatic carbocycles. The Labute approximate surface area is 195 Å². The van der Waals surface area contributed by atoms with Crippen LogP contribution in [0.3, 0.4) is 0 Å². The molecule has 5 rings (SSSR count). The molecular weight excluding hydrogens is 456 g/mol. The molecule has 0 saturated carbocycles. The van der Waals surface area contributed by atoms with Crippen molar-refractivity contribution >= 4 is 61.1 Å². The standard InChI is InChI=1S/C23H20N6O2S2/c1-14(2)15-10-12-16(13-11-15)24-22-23(26-18-7-4-3-6-17(18)25-22)29-33(30,31)20-9-5-8-19-21(20)28-32-27-19/h3-14H,1-2H3,(H,24,25)(H,26,29). The van der Waals surface area contributed by atoms with Gasteiger partial charge in [-0.25, -0.2) is 18.4 Å². The molecule has 0 bridgehead atoms. The van der Waals surface area contributed by atoms with Gasteiger partial charge in [0.1, 0.15) is 15.9 Å². The van der Waals surface area contributed by atoms with Gasteiger partial charge in [-0.05, 0) is 47.9 Å². The van der Waals surface area contributed by atoms with Gasteiger partial charge in [-0.15, -0.1) is 0 Å². The van der Waals surface area contributed by atoms with Crippen LogP contribution in [0, 0.1) is 0 Å². The van der Waals surface area contributed by atoms with Gasteiger partial charge in [0.15, 0.2) is 11.6 Å². The highest BCUT2D eigenvalue weighted by Crippen LogP contribution is 2.29. The highest BCUT2D eigenvalue weighted by Gasteiger charge is 2.23. The molecule has 5 aromatic rings. The lowest BCUT2D eigenvalue weighted by molar-refractivity contribution is 0.602. The SMILES string of the molecule is CC(C)c1ccc(Nc2nc3ccccc3nc2NS(=O)(=O)c2cccc3nsnc23)cc1. The van der Waals surface area contributed by atoms with Gasteiger partial charge >= 0.3 is 0 Å². The molecule has 0 radical (unpaired) electrons. The Balaban J connectivity index is 1.57. The molecule has 10 heteroatoms. The summed E-state index contributed by atoms with van der Waals surface area (Å²) in [5, 5.41) is 3.21. The Bertz CT molecular complexity index is 1560. The normalized spacial score (nSPS) is 11.8. The number of nitrogens with one attached hydrogen (secondary N) is 2. The zero-order valence-electron chi connectivity index (χ0n) is 17.9. The van der Waals surface area contributed by atoms with E-state index in [1.807, 2.05) is 42.5 Å². The van der Waals surface area contributed by atoms with E-state index in [1.54, 1.807) is 18.2 Å². The zero-order valence-corrected chi connectivity index (χ0v) is 19.5. The molecule has 0 amide bonds. The van der Waals surface area contributed by atoms with Gasteiger partial charge in [-0.3, -0.25) is 4.72 Å². The van der Waals surface area contributed by atoms with Crippen molar-refractivity contribution in [3.05, 3.63) is 72.3 Å². The molecule has 2 heterocycles. The first-order valence-electron chi connectivity index (χ1n) is 10.3. The van der Waals surface area contributed by atoms with Gasteiger partial charge in [0.25, 0.3) is 10.0 Å². The number of benzene rings is 3. The minimum atomic E-state index is -4.00. The highest BCUT2D eigenvalue weighted by molar-refractivity contribution is 7.93. The van der Waals surface area contributed by atoms with Crippen molar-refractivity contribution in [3.8, 4) is 0 Å². The smallest absolute Gasteiger partial charge is 0.265 e. The predicted octanol–water partition coefficient (Wildman–Crippen LogP) is 5.30. The van der Waals surface area contributed by atoms with Gasteiger partial charge in [-0.1, -0.05) is 44.2 Å². The summed E-state index contributed by atoms with van der Waals surface area (Å²) in [5.41, 5.74) is 4.04. The van der Waals surface area contributed by atoms with Gasteiger partial charge in [0.2, 0.25) is 0 Å². The van der Waals surface area contributed by atoms with E-state index in [2.05, 4.69) is 42.6 Å². The summed E-state index contributed by atoms with van der Waals surface area (Å²) < 4.78 is 37.5. The van der Waals surface area contributed by atoms with E-state index in [0.29, 0.717) is 33.8 Å². The molecule has 0 spiro atoms. The molecule has 0 atom stereocenters. The van der Waals surface area contributed by atoms with Crippen LogP contribution in [0.4, 0.5) is 17.3 Å². The average Bonchev–Trinajstić information content (AvgIpc) is 3.28. The van der Waals surface area contributed by atoms with Crippen molar-refractivity contribution in [2.24, 2.45) is 0 Å². The molecule has 0 unspecified atom stereocenters. The Morgan fingerprint density at radius 2 is 1.45 bits per heavy atom. The number of hydrogen-bond donors (Lipinski definition) is 2. The number of hydrogen-bond acceptors (Lipinski definition) is 8. The van der Waals surface area contributed by atoms with Crippen LogP contribution in [-0.2, 0) is 10.0 Å². The van der Waals surface area contributed by atoms with Crippen LogP contribution in [0.2, 0.25) is 0 Å². The number of para-hydroxylation sites is 2. The second-order valence-electron chi connectivity index (χ2n) is 7.80. The summed E-state index contributed by atoms with van der Waals surface area (Å²) in [7, 11) is -4.00. The molecule has 0 saturated heterocycles. The van der Waals surface area contributed by atoms with Crippen molar-refractivity contribution in [2.45, 2.75) is 24.7 Å². The summed E-state index contributed by atoms with van der Waals surface area (Å²) in [6.45, 7) is 4.26. The lowest BCUT2D eigenvalue weighted by Gasteiger charge is -2.14. The van der Waals surface area contributed by atoms with E-state index >= 15 is 0 Å². The molecule has 2 N–H and O–H groups in total. The molecule has 2 aromatic heterocycles. The van der Waals surface area contributed by atoms with Crippen LogP contribution in [-0.4, -0.2) is 27.1 Å². The zero-order chi connectivity index (χ0) is 23.0. The molecular formula is C23H20N6O2S2. The van der Waals surface area contributed by atoms with E-state index in [9.17, 15) is 8.42 Å². The topological polar surface area (TPSA) is 110 Å². The maximum Gasteiger partial charge on any atom is 0.265 e. The summed E-state index contributed by atoms with van der Waals surface area (Å²) in [4.78, 5) is 9.22. The molecule has 8 nitrogen and oxygen atoms in total. The first-order valence-corrected chi connectivity index (χ1v) is 12.5. The maximum absolute atomic E-state index is 13.3. The van der Waals surface area contributed by atoms with Crippen molar-refractivity contribution in [1.29, 1.82) is 0 Å². The largest absolute Gasteiger partial charge is 0.337 e. The summed E-state index contributed by atoms with van der Waals surface area (Å²) in [6.07, 6.45) is 0. The Morgan fingerprint density at radius 3 is 2.15 bits per heavy atom. The van der Waals surface area contributed by atoms with Crippen LogP contribution in [0.15, 0.2) is 71.6 Å². The van der Waals surface area contributed by atoms with E-state index in [1.165, 1.54) is 11.6 Å². The van der Waals surface area contributed by atoms with E-state index < -0.39 is 10.0 Å². The number of rotatable bonds is 6. The van der Waals surface area contributed by atoms with Crippen molar-refractivity contribution in [2.75, 3.05) is 10.0 Å². The van der Waals surface area contributed by atoms with Crippen molar-refractivity contribution in [3.63, 3.8) is 0 Å². The van der Waals surface area contributed by atoms with Crippen LogP contribution in [0.5, 0.6) is 0 Å². The van der Waals surface area contributed by atoms with Gasteiger partial charge in [0.05, 0.1) is 22.8 Å². The molecule has 0 aliphatic heterocycles. The Hall–Kier alpha value is -3.63. The third-order valence-electron chi connectivity index (χ3n) is 5.18. The summed E-state index contributed by atoms with van der Waals surface area (Å²) in [6, 6.07) is 20.1. The fourth-order valence-electron chi connectivity index (χ4n) is 3.43. The number of aromatic nitrogens is 4. The minimum absolute atomic E-state index is 0.0379. The van der Waals surface area contributed by atoms with Gasteiger partial charge in [0, 0.05) is 5.69 Å². The van der Waals surface area contributed by atoms with E-state index in [0.717, 1.165) is 17.4 Å². The molecule has 3 aromatic carbocycles. The number of anilines is 3. The van der Waals surface area contributed by atoms with Crippen LogP contribution < -0.4 is 10.0 Å². The second kappa shape index (κ2) is 8.38. The summed E-state index contributed by atoms with van der Waals surface area (Å²) in [5.74, 6) is 0.810. The Morgan fingerprint density at radius 1 is 0.788 bits per heavy atom. The number of sulfonamides is 1. The Kier molecular flexibility index (Phi) is 5.39. The van der Waals surface area contributed by atoms with Crippen LogP contribution >= 0.6 is 11.7 Å². The molecule has 0 fully saturated rings. The van der Waals surface area contributed by atoms with Crippen LogP contribution in [0.25, 0.3) is 22.1 Å². The fraction of sp³-hybridized carbons (Fsp3) is 0.130. The predicted molar refractivity (Wildman–Crippen MR) is 132 cm³/mol. The first-order chi connectivity index (χ1) is 15.9. The van der Waals surface area contributed by atoms with Gasteiger partial charge < -0.3 is 5.32 Å². The lowest BCUT2D eigenvalue weighted by Crippen LogP contribution is -2.16. The fourth-order valence-corrected chi connectivity index (χ4v) is 5.20. The first kappa shape index (κ1) is 21.2. The van der Waals surface area contributed by atoms with E-state index in [-0.39, 0.29) is 10.7 Å². The summed E-state index contributed by atoms with van der Waals surface area (Å²) >= 11 is 0.967. The lowest BCUT2D eigenvalue weighted by atomic mass is 10.0. The molecule has 33 heavy (non-hydrogen) atoms. The third kappa shape index (κ3) is 4.22. The minimum Gasteiger partial charge on any atom is -0.337 e. The highest BCUT2D eigenvalue weighted by atomic mass is 32.2. The quantitative estimate of drug-likeness (QED) is 0.342. The third-order valence-corrected chi connectivity index (χ3v) is 7.09. The van der Waals surface area contributed by atoms with Crippen molar-refractivity contribution < 1.29 is 8.42 Å². The average molecular weight is 477 g/mol. The number of fused-ring (bicyclic) bond motifs is 2. The second-order valence-corrected chi connectivity index (χ2v) is 9.98. The number of nitrogens with zero attached hydrogens (tertiary/aromatic N) is 4. The molecule has 0 aliphatic rings. The monoisotopic (exact) mass is 476 g/mol. The maximum atomic E-state index is 13.3. The van der Waals surface area contributed by atoms with Crippen molar-refractivity contribution in [1.82, 2.24) is 18.7 Å². The molecule has 166 valence electrons. The van der Waals surface area contributed by atoms with Crippen LogP contribution in [0.1, 0.15) is 25.3 Å².